The molecule has 1 heterocycles. The van der Waals surface area contributed by atoms with Crippen LogP contribution in [0.2, 0.25) is 0 Å². The van der Waals surface area contributed by atoms with Gasteiger partial charge in [0, 0.05) is 36.6 Å². The lowest BCUT2D eigenvalue weighted by atomic mass is 10.0. The zero-order chi connectivity index (χ0) is 24.8. The van der Waals surface area contributed by atoms with E-state index in [9.17, 15) is 9.59 Å². The number of nitrogens with two attached hydrogens (primary N) is 3. The molecule has 0 bridgehead atoms. The van der Waals surface area contributed by atoms with Crippen molar-refractivity contribution in [2.24, 2.45) is 22.2 Å². The molecule has 34 heavy (non-hydrogen) atoms. The summed E-state index contributed by atoms with van der Waals surface area (Å²) in [5, 5.41) is 6.89. The van der Waals surface area contributed by atoms with Gasteiger partial charge in [0.2, 0.25) is 11.8 Å². The molecule has 0 aliphatic carbocycles. The van der Waals surface area contributed by atoms with E-state index in [-0.39, 0.29) is 17.8 Å². The fourth-order valence-corrected chi connectivity index (χ4v) is 3.90. The van der Waals surface area contributed by atoms with Crippen LogP contribution in [0.25, 0.3) is 10.9 Å². The molecule has 188 valence electrons. The standard InChI is InChI=1S/C25H41N7O2/c1-2-3-4-5-6-9-14-29-24(34)22(16-18-17-31-21-13-8-7-11-19(18)21)32-23(33)20(26)12-10-15-30-25(27)28/h7-8,11,13,17,20,22,31H,2-6,9-10,12,14-16,26H2,1H3,(H,29,34)(H,32,33)(H4,27,28,30)/t20-,22-/m0/s1. The summed E-state index contributed by atoms with van der Waals surface area (Å²) in [6.07, 6.45) is 10.1. The number of aromatic nitrogens is 1. The summed E-state index contributed by atoms with van der Waals surface area (Å²) in [6.45, 7) is 3.19. The molecule has 0 saturated heterocycles. The molecule has 2 atom stereocenters. The lowest BCUT2D eigenvalue weighted by molar-refractivity contribution is -0.129. The van der Waals surface area contributed by atoms with Crippen molar-refractivity contribution in [3.05, 3.63) is 36.0 Å². The van der Waals surface area contributed by atoms with Gasteiger partial charge in [0.05, 0.1) is 6.04 Å². The smallest absolute Gasteiger partial charge is 0.242 e. The highest BCUT2D eigenvalue weighted by atomic mass is 16.2. The SMILES string of the molecule is CCCCCCCCNC(=O)[C@H](Cc1c[nH]c2ccccc12)NC(=O)[C@@H](N)CCCN=C(N)N. The number of carbonyl (C=O) groups is 2. The third-order valence-corrected chi connectivity index (χ3v) is 5.87. The van der Waals surface area contributed by atoms with Gasteiger partial charge in [0.1, 0.15) is 6.04 Å². The number of hydrogen-bond acceptors (Lipinski definition) is 4. The van der Waals surface area contributed by atoms with Crippen molar-refractivity contribution in [3.8, 4) is 0 Å². The number of unbranched alkanes of at least 4 members (excludes halogenated alkanes) is 5. The molecule has 0 saturated carbocycles. The summed E-state index contributed by atoms with van der Waals surface area (Å²) in [7, 11) is 0. The number of rotatable bonds is 16. The topological polar surface area (TPSA) is 164 Å². The zero-order valence-corrected chi connectivity index (χ0v) is 20.3. The minimum Gasteiger partial charge on any atom is -0.370 e. The molecule has 9 N–H and O–H groups in total. The Morgan fingerprint density at radius 3 is 2.53 bits per heavy atom. The number of aromatic amines is 1. The van der Waals surface area contributed by atoms with Crippen molar-refractivity contribution in [2.75, 3.05) is 13.1 Å². The normalized spacial score (nSPS) is 12.8. The van der Waals surface area contributed by atoms with Crippen LogP contribution in [-0.4, -0.2) is 47.9 Å². The summed E-state index contributed by atoms with van der Waals surface area (Å²) in [4.78, 5) is 32.9. The lowest BCUT2D eigenvalue weighted by Crippen LogP contribution is -2.52. The van der Waals surface area contributed by atoms with Gasteiger partial charge in [0.25, 0.3) is 0 Å². The van der Waals surface area contributed by atoms with E-state index < -0.39 is 12.1 Å². The molecular weight excluding hydrogens is 430 g/mol. The van der Waals surface area contributed by atoms with Crippen molar-refractivity contribution in [3.63, 3.8) is 0 Å². The number of nitrogens with one attached hydrogen (secondary N) is 3. The summed E-state index contributed by atoms with van der Waals surface area (Å²) in [5.74, 6) is -0.539. The number of benzene rings is 1. The number of H-pyrrole nitrogens is 1. The maximum Gasteiger partial charge on any atom is 0.242 e. The second kappa shape index (κ2) is 15.0. The Hall–Kier alpha value is -3.07. The Kier molecular flexibility index (Phi) is 12.0. The number of amides is 2. The van der Waals surface area contributed by atoms with E-state index in [1.807, 2.05) is 30.5 Å². The summed E-state index contributed by atoms with van der Waals surface area (Å²) in [5.41, 5.74) is 18.7. The minimum absolute atomic E-state index is 0.0128. The third kappa shape index (κ3) is 9.43. The Balaban J connectivity index is 1.96. The van der Waals surface area contributed by atoms with Crippen LogP contribution in [0.3, 0.4) is 0 Å². The Morgan fingerprint density at radius 2 is 1.76 bits per heavy atom. The Labute approximate surface area is 202 Å². The molecule has 9 nitrogen and oxygen atoms in total. The number of guanidine groups is 1. The average molecular weight is 472 g/mol. The molecule has 0 fully saturated rings. The van der Waals surface area contributed by atoms with Crippen LogP contribution in [0.1, 0.15) is 63.9 Å². The third-order valence-electron chi connectivity index (χ3n) is 5.87. The van der Waals surface area contributed by atoms with E-state index in [1.54, 1.807) is 0 Å². The first kappa shape index (κ1) is 27.2. The summed E-state index contributed by atoms with van der Waals surface area (Å²) in [6, 6.07) is 6.44. The highest BCUT2D eigenvalue weighted by Gasteiger charge is 2.24. The van der Waals surface area contributed by atoms with E-state index in [1.165, 1.54) is 25.7 Å². The number of nitrogens with zero attached hydrogens (tertiary/aromatic N) is 1. The number of hydrogen-bond donors (Lipinski definition) is 6. The van der Waals surface area contributed by atoms with Gasteiger partial charge in [-0.15, -0.1) is 0 Å². The van der Waals surface area contributed by atoms with Gasteiger partial charge >= 0.3 is 0 Å². The van der Waals surface area contributed by atoms with Gasteiger partial charge in [-0.2, -0.15) is 0 Å². The van der Waals surface area contributed by atoms with Crippen LogP contribution in [0.4, 0.5) is 0 Å². The van der Waals surface area contributed by atoms with Crippen molar-refractivity contribution in [2.45, 2.75) is 76.8 Å². The van der Waals surface area contributed by atoms with Crippen molar-refractivity contribution in [1.29, 1.82) is 0 Å². The van der Waals surface area contributed by atoms with E-state index in [2.05, 4.69) is 27.5 Å². The van der Waals surface area contributed by atoms with Gasteiger partial charge in [-0.3, -0.25) is 14.6 Å². The highest BCUT2D eigenvalue weighted by Crippen LogP contribution is 2.19. The van der Waals surface area contributed by atoms with Crippen LogP contribution in [-0.2, 0) is 16.0 Å². The molecule has 0 spiro atoms. The molecule has 0 aliphatic rings. The molecule has 0 unspecified atom stereocenters. The van der Waals surface area contributed by atoms with Crippen molar-refractivity contribution >= 4 is 28.7 Å². The fourth-order valence-electron chi connectivity index (χ4n) is 3.90. The molecule has 9 heteroatoms. The number of fused-ring (bicyclic) bond motifs is 1. The van der Waals surface area contributed by atoms with Gasteiger partial charge < -0.3 is 32.8 Å². The highest BCUT2D eigenvalue weighted by molar-refractivity contribution is 5.91. The Morgan fingerprint density at radius 1 is 1.03 bits per heavy atom. The predicted octanol–water partition coefficient (Wildman–Crippen LogP) is 2.05. The fraction of sp³-hybridized carbons (Fsp3) is 0.560. The maximum atomic E-state index is 13.0. The average Bonchev–Trinajstić information content (AvgIpc) is 3.23. The molecule has 2 amide bonds. The van der Waals surface area contributed by atoms with Gasteiger partial charge in [-0.1, -0.05) is 57.2 Å². The van der Waals surface area contributed by atoms with E-state index in [0.717, 1.165) is 29.3 Å². The Bertz CT molecular complexity index is 921. The van der Waals surface area contributed by atoms with E-state index in [0.29, 0.717) is 32.4 Å². The number of para-hydroxylation sites is 1. The molecule has 0 aliphatic heterocycles. The van der Waals surface area contributed by atoms with Crippen LogP contribution in [0, 0.1) is 0 Å². The predicted molar refractivity (Wildman–Crippen MR) is 138 cm³/mol. The maximum absolute atomic E-state index is 13.0. The minimum atomic E-state index is -0.744. The first-order chi connectivity index (χ1) is 16.4. The molecule has 2 rings (SSSR count). The van der Waals surface area contributed by atoms with E-state index >= 15 is 0 Å². The number of carbonyl (C=O) groups excluding carboxylic acids is 2. The molecular formula is C25H41N7O2. The van der Waals surface area contributed by atoms with Crippen molar-refractivity contribution < 1.29 is 9.59 Å². The van der Waals surface area contributed by atoms with Gasteiger partial charge in [-0.25, -0.2) is 0 Å². The summed E-state index contributed by atoms with van der Waals surface area (Å²) >= 11 is 0. The van der Waals surface area contributed by atoms with Crippen molar-refractivity contribution in [1.82, 2.24) is 15.6 Å². The molecule has 1 aromatic carbocycles. The van der Waals surface area contributed by atoms with Crippen LogP contribution < -0.4 is 27.8 Å². The zero-order valence-electron chi connectivity index (χ0n) is 20.3. The monoisotopic (exact) mass is 471 g/mol. The first-order valence-electron chi connectivity index (χ1n) is 12.4. The van der Waals surface area contributed by atoms with Gasteiger partial charge in [-0.05, 0) is 30.9 Å². The van der Waals surface area contributed by atoms with Crippen LogP contribution >= 0.6 is 0 Å². The van der Waals surface area contributed by atoms with Crippen LogP contribution in [0.5, 0.6) is 0 Å². The van der Waals surface area contributed by atoms with Crippen LogP contribution in [0.15, 0.2) is 35.5 Å². The summed E-state index contributed by atoms with van der Waals surface area (Å²) < 4.78 is 0. The van der Waals surface area contributed by atoms with E-state index in [4.69, 9.17) is 17.2 Å². The largest absolute Gasteiger partial charge is 0.370 e. The quantitative estimate of drug-likeness (QED) is 0.125. The molecule has 2 aromatic rings. The number of aliphatic imine (C=N–C) groups is 1. The van der Waals surface area contributed by atoms with Gasteiger partial charge in [0.15, 0.2) is 5.96 Å². The first-order valence-corrected chi connectivity index (χ1v) is 12.4. The lowest BCUT2D eigenvalue weighted by Gasteiger charge is -2.21. The second-order valence-corrected chi connectivity index (χ2v) is 8.74. The molecule has 1 aromatic heterocycles. The molecule has 0 radical (unpaired) electrons. The second-order valence-electron chi connectivity index (χ2n) is 8.74.